The minimum Gasteiger partial charge on any atom is -0.352 e. The third-order valence-electron chi connectivity index (χ3n) is 5.78. The van der Waals surface area contributed by atoms with Gasteiger partial charge in [0.1, 0.15) is 12.6 Å². The first-order chi connectivity index (χ1) is 18.4. The highest BCUT2D eigenvalue weighted by atomic mass is 35.5. The van der Waals surface area contributed by atoms with Crippen molar-refractivity contribution < 1.29 is 22.9 Å². The average molecular weight is 573 g/mol. The molecular formula is C27H29ClN4O6S. The first-order valence-corrected chi connectivity index (χ1v) is 13.9. The lowest BCUT2D eigenvalue weighted by molar-refractivity contribution is -0.384. The molecule has 1 N–H and O–H groups in total. The van der Waals surface area contributed by atoms with Crippen molar-refractivity contribution in [3.63, 3.8) is 0 Å². The molecule has 12 heteroatoms. The van der Waals surface area contributed by atoms with Crippen LogP contribution < -0.4 is 9.62 Å². The number of nitro benzene ring substituents is 1. The Balaban J connectivity index is 2.07. The molecule has 0 saturated heterocycles. The van der Waals surface area contributed by atoms with E-state index in [2.05, 4.69) is 5.32 Å². The summed E-state index contributed by atoms with van der Waals surface area (Å²) in [6.45, 7) is 4.37. The molecule has 0 spiro atoms. The Labute approximate surface area is 232 Å². The van der Waals surface area contributed by atoms with Crippen LogP contribution in [0.4, 0.5) is 11.4 Å². The van der Waals surface area contributed by atoms with Crippen LogP contribution in [0.2, 0.25) is 5.02 Å². The molecule has 0 aliphatic rings. The van der Waals surface area contributed by atoms with Gasteiger partial charge in [-0.2, -0.15) is 0 Å². The highest BCUT2D eigenvalue weighted by molar-refractivity contribution is 7.92. The van der Waals surface area contributed by atoms with Crippen LogP contribution >= 0.6 is 11.6 Å². The summed E-state index contributed by atoms with van der Waals surface area (Å²) in [6.07, 6.45) is 0. The second-order valence-corrected chi connectivity index (χ2v) is 11.4. The van der Waals surface area contributed by atoms with E-state index < -0.39 is 39.3 Å². The lowest BCUT2D eigenvalue weighted by Crippen LogP contribution is -2.52. The number of nitro groups is 1. The van der Waals surface area contributed by atoms with Crippen molar-refractivity contribution in [3.05, 3.63) is 99.6 Å². The van der Waals surface area contributed by atoms with Crippen LogP contribution in [0.1, 0.15) is 26.3 Å². The molecule has 3 aromatic rings. The second kappa shape index (κ2) is 12.7. The molecule has 3 rings (SSSR count). The zero-order valence-corrected chi connectivity index (χ0v) is 23.2. The van der Waals surface area contributed by atoms with Crippen LogP contribution in [0.5, 0.6) is 0 Å². The van der Waals surface area contributed by atoms with E-state index >= 15 is 0 Å². The van der Waals surface area contributed by atoms with Gasteiger partial charge in [0.2, 0.25) is 11.8 Å². The lowest BCUT2D eigenvalue weighted by Gasteiger charge is -2.32. The van der Waals surface area contributed by atoms with Crippen molar-refractivity contribution in [2.24, 2.45) is 0 Å². The maximum absolute atomic E-state index is 13.8. The summed E-state index contributed by atoms with van der Waals surface area (Å²) in [5.74, 6) is -1.11. The number of carbonyl (C=O) groups is 2. The molecule has 206 valence electrons. The van der Waals surface area contributed by atoms with Crippen LogP contribution in [0.25, 0.3) is 0 Å². The largest absolute Gasteiger partial charge is 0.352 e. The predicted octanol–water partition coefficient (Wildman–Crippen LogP) is 4.39. The molecule has 2 amide bonds. The van der Waals surface area contributed by atoms with Crippen LogP contribution in [0.15, 0.2) is 83.8 Å². The Morgan fingerprint density at radius 3 is 2.26 bits per heavy atom. The van der Waals surface area contributed by atoms with E-state index in [1.54, 1.807) is 51.1 Å². The van der Waals surface area contributed by atoms with Crippen molar-refractivity contribution in [2.75, 3.05) is 10.8 Å². The number of amides is 2. The summed E-state index contributed by atoms with van der Waals surface area (Å²) in [6, 6.07) is 18.1. The van der Waals surface area contributed by atoms with Crippen molar-refractivity contribution in [2.45, 2.75) is 44.3 Å². The Morgan fingerprint density at radius 1 is 0.974 bits per heavy atom. The Kier molecular flexibility index (Phi) is 9.66. The zero-order chi connectivity index (χ0) is 28.7. The first-order valence-electron chi connectivity index (χ1n) is 12.1. The number of hydrogen-bond donors (Lipinski definition) is 1. The monoisotopic (exact) mass is 572 g/mol. The Bertz CT molecular complexity index is 1450. The molecule has 10 nitrogen and oxygen atoms in total. The van der Waals surface area contributed by atoms with Crippen LogP contribution in [-0.4, -0.2) is 48.7 Å². The number of benzene rings is 3. The van der Waals surface area contributed by atoms with Gasteiger partial charge >= 0.3 is 0 Å². The summed E-state index contributed by atoms with van der Waals surface area (Å²) in [5.41, 5.74) is 0.227. The van der Waals surface area contributed by atoms with Gasteiger partial charge in [0, 0.05) is 29.7 Å². The highest BCUT2D eigenvalue weighted by Gasteiger charge is 2.33. The summed E-state index contributed by atoms with van der Waals surface area (Å²) >= 11 is 6.13. The van der Waals surface area contributed by atoms with E-state index in [1.807, 2.05) is 0 Å². The third kappa shape index (κ3) is 7.55. The summed E-state index contributed by atoms with van der Waals surface area (Å²) in [7, 11) is -4.33. The lowest BCUT2D eigenvalue weighted by atomic mass is 10.1. The summed E-state index contributed by atoms with van der Waals surface area (Å²) < 4.78 is 28.2. The molecular weight excluding hydrogens is 544 g/mol. The molecule has 0 aromatic heterocycles. The normalized spacial score (nSPS) is 12.0. The van der Waals surface area contributed by atoms with Gasteiger partial charge in [-0.1, -0.05) is 48.0 Å². The van der Waals surface area contributed by atoms with Gasteiger partial charge in [0.05, 0.1) is 15.5 Å². The smallest absolute Gasteiger partial charge is 0.271 e. The Hall–Kier alpha value is -3.96. The molecule has 0 bridgehead atoms. The fraction of sp³-hybridized carbons (Fsp3) is 0.259. The quantitative estimate of drug-likeness (QED) is 0.268. The topological polar surface area (TPSA) is 130 Å². The molecule has 1 atom stereocenters. The van der Waals surface area contributed by atoms with Gasteiger partial charge in [-0.05, 0) is 56.7 Å². The fourth-order valence-corrected chi connectivity index (χ4v) is 5.47. The van der Waals surface area contributed by atoms with Gasteiger partial charge in [-0.25, -0.2) is 8.42 Å². The van der Waals surface area contributed by atoms with Crippen molar-refractivity contribution in [1.29, 1.82) is 0 Å². The molecule has 3 aromatic carbocycles. The second-order valence-electron chi connectivity index (χ2n) is 9.09. The molecule has 0 radical (unpaired) electrons. The maximum atomic E-state index is 13.8. The van der Waals surface area contributed by atoms with Crippen molar-refractivity contribution >= 4 is 44.8 Å². The van der Waals surface area contributed by atoms with E-state index in [4.69, 9.17) is 11.6 Å². The van der Waals surface area contributed by atoms with E-state index in [-0.39, 0.29) is 28.9 Å². The van der Waals surface area contributed by atoms with Gasteiger partial charge in [-0.15, -0.1) is 0 Å². The molecule has 0 fully saturated rings. The van der Waals surface area contributed by atoms with Crippen molar-refractivity contribution in [3.8, 4) is 0 Å². The number of nitrogens with one attached hydrogen (secondary N) is 1. The van der Waals surface area contributed by atoms with Gasteiger partial charge in [-0.3, -0.25) is 24.0 Å². The minimum atomic E-state index is -4.33. The SMILES string of the molecule is CC(C)NC(=O)[C@H](C)N(Cc1cccc(Cl)c1)C(=O)CN(c1cccc([N+](=O)[O-])c1)S(=O)(=O)c1ccccc1. The first kappa shape index (κ1) is 29.6. The van der Waals surface area contributed by atoms with Gasteiger partial charge < -0.3 is 10.2 Å². The van der Waals surface area contributed by atoms with E-state index in [1.165, 1.54) is 47.4 Å². The summed E-state index contributed by atoms with van der Waals surface area (Å²) in [5, 5.41) is 14.6. The highest BCUT2D eigenvalue weighted by Crippen LogP contribution is 2.27. The van der Waals surface area contributed by atoms with Crippen LogP contribution in [0, 0.1) is 10.1 Å². The minimum absolute atomic E-state index is 0.0275. The van der Waals surface area contributed by atoms with Gasteiger partial charge in [0.15, 0.2) is 0 Å². The number of anilines is 1. The number of carbonyl (C=O) groups excluding carboxylic acids is 2. The molecule has 39 heavy (non-hydrogen) atoms. The number of halogens is 1. The van der Waals surface area contributed by atoms with Crippen LogP contribution in [0.3, 0.4) is 0 Å². The molecule has 0 aliphatic carbocycles. The van der Waals surface area contributed by atoms with Crippen LogP contribution in [-0.2, 0) is 26.2 Å². The van der Waals surface area contributed by atoms with Crippen molar-refractivity contribution in [1.82, 2.24) is 10.2 Å². The number of hydrogen-bond acceptors (Lipinski definition) is 6. The predicted molar refractivity (Wildman–Crippen MR) is 149 cm³/mol. The average Bonchev–Trinajstić information content (AvgIpc) is 2.90. The van der Waals surface area contributed by atoms with E-state index in [0.717, 1.165) is 10.4 Å². The molecule has 0 saturated carbocycles. The van der Waals surface area contributed by atoms with E-state index in [0.29, 0.717) is 10.6 Å². The molecule has 0 aliphatic heterocycles. The number of non-ortho nitro benzene ring substituents is 1. The third-order valence-corrected chi connectivity index (χ3v) is 7.80. The zero-order valence-electron chi connectivity index (χ0n) is 21.7. The Morgan fingerprint density at radius 2 is 1.64 bits per heavy atom. The maximum Gasteiger partial charge on any atom is 0.271 e. The fourth-order valence-electron chi connectivity index (χ4n) is 3.83. The standard InChI is InChI=1S/C27H29ClN4O6S/c1-19(2)29-27(34)20(3)30(17-21-9-7-10-22(28)15-21)26(33)18-31(23-11-8-12-24(16-23)32(35)36)39(37,38)25-13-5-4-6-14-25/h4-16,19-20H,17-18H2,1-3H3,(H,29,34)/t20-/m0/s1. The molecule has 0 unspecified atom stereocenters. The number of nitrogens with zero attached hydrogens (tertiary/aromatic N) is 3. The van der Waals surface area contributed by atoms with Gasteiger partial charge in [0.25, 0.3) is 15.7 Å². The van der Waals surface area contributed by atoms with E-state index in [9.17, 15) is 28.1 Å². The number of sulfonamides is 1. The number of rotatable bonds is 11. The molecule has 0 heterocycles. The summed E-state index contributed by atoms with van der Waals surface area (Å²) in [4.78, 5) is 38.7.